The molecule has 3 nitrogen and oxygen atoms in total. The first-order chi connectivity index (χ1) is 8.27. The molecule has 1 N–H and O–H groups in total. The molecule has 0 aliphatic heterocycles. The minimum Gasteiger partial charge on any atom is -0.497 e. The monoisotopic (exact) mass is 237 g/mol. The zero-order valence-corrected chi connectivity index (χ0v) is 11.0. The lowest BCUT2D eigenvalue weighted by Gasteiger charge is -2.15. The average molecular weight is 237 g/mol. The Balaban J connectivity index is 2.33. The van der Waals surface area contributed by atoms with Crippen molar-refractivity contribution >= 4 is 0 Å². The summed E-state index contributed by atoms with van der Waals surface area (Å²) in [6, 6.07) is 8.51. The molecule has 1 rings (SSSR count). The summed E-state index contributed by atoms with van der Waals surface area (Å²) in [5, 5.41) is 3.47. The lowest BCUT2D eigenvalue weighted by atomic mass is 10.1. The van der Waals surface area contributed by atoms with Crippen LogP contribution in [0.2, 0.25) is 0 Å². The van der Waals surface area contributed by atoms with E-state index in [0.717, 1.165) is 31.9 Å². The summed E-state index contributed by atoms with van der Waals surface area (Å²) in [6.07, 6.45) is 1.04. The van der Waals surface area contributed by atoms with Crippen LogP contribution in [-0.2, 0) is 4.74 Å². The van der Waals surface area contributed by atoms with E-state index in [4.69, 9.17) is 9.47 Å². The molecule has 0 spiro atoms. The van der Waals surface area contributed by atoms with Crippen LogP contribution < -0.4 is 10.1 Å². The first kappa shape index (κ1) is 14.0. The van der Waals surface area contributed by atoms with Gasteiger partial charge in [-0.05, 0) is 44.5 Å². The summed E-state index contributed by atoms with van der Waals surface area (Å²) in [5.41, 5.74) is 1.25. The number of nitrogens with one attached hydrogen (secondary N) is 1. The standard InChI is InChI=1S/C14H23NO2/c1-4-17-10-6-9-15-12(2)13-7-5-8-14(11-13)16-3/h5,7-8,11-12,15H,4,6,9-10H2,1-3H3. The van der Waals surface area contributed by atoms with E-state index in [2.05, 4.69) is 24.4 Å². The molecule has 0 bridgehead atoms. The van der Waals surface area contributed by atoms with Crippen LogP contribution in [0.1, 0.15) is 31.9 Å². The molecule has 1 atom stereocenters. The molecule has 3 heteroatoms. The van der Waals surface area contributed by atoms with Crippen molar-refractivity contribution < 1.29 is 9.47 Å². The highest BCUT2D eigenvalue weighted by atomic mass is 16.5. The van der Waals surface area contributed by atoms with Crippen LogP contribution in [0.15, 0.2) is 24.3 Å². The highest BCUT2D eigenvalue weighted by molar-refractivity contribution is 5.30. The predicted molar refractivity (Wildman–Crippen MR) is 70.5 cm³/mol. The molecule has 1 aromatic rings. The summed E-state index contributed by atoms with van der Waals surface area (Å²) >= 11 is 0. The molecule has 0 radical (unpaired) electrons. The highest BCUT2D eigenvalue weighted by Crippen LogP contribution is 2.18. The molecule has 0 saturated heterocycles. The first-order valence-corrected chi connectivity index (χ1v) is 6.23. The van der Waals surface area contributed by atoms with E-state index in [1.54, 1.807) is 7.11 Å². The van der Waals surface area contributed by atoms with Crippen LogP contribution in [-0.4, -0.2) is 26.9 Å². The zero-order chi connectivity index (χ0) is 12.5. The summed E-state index contributed by atoms with van der Waals surface area (Å²) in [7, 11) is 1.69. The Morgan fingerprint density at radius 1 is 1.35 bits per heavy atom. The lowest BCUT2D eigenvalue weighted by molar-refractivity contribution is 0.144. The number of hydrogen-bond acceptors (Lipinski definition) is 3. The van der Waals surface area contributed by atoms with Crippen molar-refractivity contribution in [3.63, 3.8) is 0 Å². The largest absolute Gasteiger partial charge is 0.497 e. The van der Waals surface area contributed by atoms with Gasteiger partial charge in [-0.3, -0.25) is 0 Å². The molecule has 1 aromatic carbocycles. The molecule has 17 heavy (non-hydrogen) atoms. The summed E-state index contributed by atoms with van der Waals surface area (Å²) in [4.78, 5) is 0. The lowest BCUT2D eigenvalue weighted by Crippen LogP contribution is -2.21. The van der Waals surface area contributed by atoms with E-state index in [0.29, 0.717) is 6.04 Å². The molecule has 0 amide bonds. The molecule has 0 aliphatic rings. The van der Waals surface area contributed by atoms with E-state index in [9.17, 15) is 0 Å². The Morgan fingerprint density at radius 2 is 2.18 bits per heavy atom. The molecular weight excluding hydrogens is 214 g/mol. The van der Waals surface area contributed by atoms with Gasteiger partial charge in [-0.15, -0.1) is 0 Å². The van der Waals surface area contributed by atoms with Crippen LogP contribution in [0.4, 0.5) is 0 Å². The Kier molecular flexibility index (Phi) is 6.67. The molecule has 0 fully saturated rings. The van der Waals surface area contributed by atoms with Crippen molar-refractivity contribution in [1.29, 1.82) is 0 Å². The Morgan fingerprint density at radius 3 is 2.88 bits per heavy atom. The summed E-state index contributed by atoms with van der Waals surface area (Å²) < 4.78 is 10.5. The van der Waals surface area contributed by atoms with E-state index >= 15 is 0 Å². The van der Waals surface area contributed by atoms with Gasteiger partial charge in [0.15, 0.2) is 0 Å². The predicted octanol–water partition coefficient (Wildman–Crippen LogP) is 2.77. The fourth-order valence-corrected chi connectivity index (χ4v) is 1.67. The summed E-state index contributed by atoms with van der Waals surface area (Å²) in [5.74, 6) is 0.908. The molecule has 0 aliphatic carbocycles. The van der Waals surface area contributed by atoms with Crippen molar-refractivity contribution in [2.45, 2.75) is 26.3 Å². The van der Waals surface area contributed by atoms with Gasteiger partial charge in [0.25, 0.3) is 0 Å². The van der Waals surface area contributed by atoms with Gasteiger partial charge in [0.1, 0.15) is 5.75 Å². The van der Waals surface area contributed by atoms with Gasteiger partial charge in [0.05, 0.1) is 7.11 Å². The van der Waals surface area contributed by atoms with E-state index in [1.807, 2.05) is 19.1 Å². The average Bonchev–Trinajstić information content (AvgIpc) is 2.38. The fourth-order valence-electron chi connectivity index (χ4n) is 1.67. The third-order valence-electron chi connectivity index (χ3n) is 2.71. The number of hydrogen-bond donors (Lipinski definition) is 1. The van der Waals surface area contributed by atoms with Crippen molar-refractivity contribution in [2.75, 3.05) is 26.9 Å². The molecule has 96 valence electrons. The van der Waals surface area contributed by atoms with Crippen molar-refractivity contribution in [3.05, 3.63) is 29.8 Å². The first-order valence-electron chi connectivity index (χ1n) is 6.23. The van der Waals surface area contributed by atoms with Gasteiger partial charge in [0.2, 0.25) is 0 Å². The van der Waals surface area contributed by atoms with E-state index < -0.39 is 0 Å². The normalized spacial score (nSPS) is 12.4. The van der Waals surface area contributed by atoms with Crippen LogP contribution in [0.25, 0.3) is 0 Å². The van der Waals surface area contributed by atoms with E-state index in [1.165, 1.54) is 5.56 Å². The van der Waals surface area contributed by atoms with Crippen molar-refractivity contribution in [2.24, 2.45) is 0 Å². The maximum absolute atomic E-state index is 5.30. The molecule has 0 aromatic heterocycles. The van der Waals surface area contributed by atoms with Gasteiger partial charge < -0.3 is 14.8 Å². The Labute approximate surface area is 104 Å². The van der Waals surface area contributed by atoms with Crippen LogP contribution in [0, 0.1) is 0 Å². The Bertz CT molecular complexity index is 315. The second kappa shape index (κ2) is 8.09. The number of rotatable bonds is 8. The van der Waals surface area contributed by atoms with Gasteiger partial charge in [-0.2, -0.15) is 0 Å². The fraction of sp³-hybridized carbons (Fsp3) is 0.571. The van der Waals surface area contributed by atoms with Crippen LogP contribution in [0.5, 0.6) is 5.75 Å². The van der Waals surface area contributed by atoms with Gasteiger partial charge in [0, 0.05) is 19.3 Å². The number of methoxy groups -OCH3 is 1. The maximum Gasteiger partial charge on any atom is 0.119 e. The quantitative estimate of drug-likeness (QED) is 0.705. The SMILES string of the molecule is CCOCCCNC(C)c1cccc(OC)c1. The minimum atomic E-state index is 0.340. The molecule has 0 heterocycles. The van der Waals surface area contributed by atoms with Crippen molar-refractivity contribution in [1.82, 2.24) is 5.32 Å². The smallest absolute Gasteiger partial charge is 0.119 e. The minimum absolute atomic E-state index is 0.340. The van der Waals surface area contributed by atoms with Crippen molar-refractivity contribution in [3.8, 4) is 5.75 Å². The van der Waals surface area contributed by atoms with Gasteiger partial charge in [-0.25, -0.2) is 0 Å². The number of benzene rings is 1. The summed E-state index contributed by atoms with van der Waals surface area (Å²) in [6.45, 7) is 6.78. The van der Waals surface area contributed by atoms with Gasteiger partial charge in [-0.1, -0.05) is 12.1 Å². The zero-order valence-electron chi connectivity index (χ0n) is 11.0. The number of ether oxygens (including phenoxy) is 2. The highest BCUT2D eigenvalue weighted by Gasteiger charge is 2.04. The molecular formula is C14H23NO2. The maximum atomic E-state index is 5.30. The second-order valence-corrected chi connectivity index (χ2v) is 4.00. The third-order valence-corrected chi connectivity index (χ3v) is 2.71. The topological polar surface area (TPSA) is 30.5 Å². The Hall–Kier alpha value is -1.06. The van der Waals surface area contributed by atoms with Gasteiger partial charge >= 0.3 is 0 Å². The third kappa shape index (κ3) is 5.20. The molecule has 0 saturated carbocycles. The second-order valence-electron chi connectivity index (χ2n) is 4.00. The molecule has 1 unspecified atom stereocenters. The van der Waals surface area contributed by atoms with Crippen LogP contribution in [0.3, 0.4) is 0 Å². The van der Waals surface area contributed by atoms with Crippen LogP contribution >= 0.6 is 0 Å². The van der Waals surface area contributed by atoms with E-state index in [-0.39, 0.29) is 0 Å².